The van der Waals surface area contributed by atoms with Gasteiger partial charge in [-0.2, -0.15) is 5.10 Å². The van der Waals surface area contributed by atoms with Crippen molar-refractivity contribution in [3.63, 3.8) is 0 Å². The summed E-state index contributed by atoms with van der Waals surface area (Å²) in [5, 5.41) is 5.44. The van der Waals surface area contributed by atoms with Gasteiger partial charge in [-0.1, -0.05) is 18.6 Å². The molecule has 1 aromatic heterocycles. The van der Waals surface area contributed by atoms with Crippen molar-refractivity contribution >= 4 is 23.0 Å². The third-order valence-electron chi connectivity index (χ3n) is 5.78. The molecule has 0 radical (unpaired) electrons. The fourth-order valence-electron chi connectivity index (χ4n) is 4.47. The zero-order valence-corrected chi connectivity index (χ0v) is 15.7. The Hall–Kier alpha value is -2.01. The van der Waals surface area contributed by atoms with Gasteiger partial charge in [0.1, 0.15) is 17.1 Å². The van der Waals surface area contributed by atoms with Crippen molar-refractivity contribution in [2.45, 2.75) is 37.4 Å². The molecule has 1 fully saturated rings. The van der Waals surface area contributed by atoms with Crippen molar-refractivity contribution in [1.82, 2.24) is 9.78 Å². The van der Waals surface area contributed by atoms with Crippen LogP contribution in [-0.2, 0) is 13.5 Å². The van der Waals surface area contributed by atoms with Crippen molar-refractivity contribution in [2.24, 2.45) is 13.0 Å². The molecule has 0 amide bonds. The summed E-state index contributed by atoms with van der Waals surface area (Å²) in [6.07, 6.45) is 9.28. The Bertz CT molecular complexity index is 915. The van der Waals surface area contributed by atoms with Gasteiger partial charge < -0.3 is 4.74 Å². The van der Waals surface area contributed by atoms with Gasteiger partial charge in [-0.25, -0.2) is 0 Å². The van der Waals surface area contributed by atoms with E-state index in [0.717, 1.165) is 48.3 Å². The number of fused-ring (bicyclic) bond motifs is 2. The Labute approximate surface area is 157 Å². The lowest BCUT2D eigenvalue weighted by atomic mass is 9.97. The van der Waals surface area contributed by atoms with E-state index < -0.39 is 0 Å². The van der Waals surface area contributed by atoms with Gasteiger partial charge in [0.2, 0.25) is 0 Å². The first kappa shape index (κ1) is 16.2. The highest BCUT2D eigenvalue weighted by Gasteiger charge is 2.35. The topological polar surface area (TPSA) is 44.1 Å². The number of carbonyl (C=O) groups excluding carboxylic acids is 1. The third kappa shape index (κ3) is 2.52. The molecule has 0 saturated heterocycles. The summed E-state index contributed by atoms with van der Waals surface area (Å²) in [6, 6.07) is 6.29. The van der Waals surface area contributed by atoms with E-state index in [1.807, 2.05) is 24.9 Å². The summed E-state index contributed by atoms with van der Waals surface area (Å²) in [5.41, 5.74) is 4.87. The highest BCUT2D eigenvalue weighted by atomic mass is 32.2. The second-order valence-corrected chi connectivity index (χ2v) is 8.69. The first-order valence-corrected chi connectivity index (χ1v) is 10.3. The minimum Gasteiger partial charge on any atom is -0.493 e. The van der Waals surface area contributed by atoms with Crippen molar-refractivity contribution in [1.29, 1.82) is 0 Å². The van der Waals surface area contributed by atoms with Crippen LogP contribution in [0.1, 0.15) is 47.4 Å². The number of hydrogen-bond donors (Lipinski definition) is 0. The molecule has 3 aliphatic rings. The molecule has 0 N–H and O–H groups in total. The van der Waals surface area contributed by atoms with Gasteiger partial charge in [-0.3, -0.25) is 9.48 Å². The number of aldehydes is 1. The number of aromatic nitrogens is 2. The molecule has 26 heavy (non-hydrogen) atoms. The maximum Gasteiger partial charge on any atom is 0.168 e. The van der Waals surface area contributed by atoms with Crippen molar-refractivity contribution < 1.29 is 9.53 Å². The molecule has 1 saturated carbocycles. The first-order valence-electron chi connectivity index (χ1n) is 9.41. The summed E-state index contributed by atoms with van der Waals surface area (Å²) < 4.78 is 7.48. The molecule has 5 heteroatoms. The normalized spacial score (nSPS) is 24.0. The minimum atomic E-state index is 0.648. The molecule has 0 bridgehead atoms. The van der Waals surface area contributed by atoms with Crippen molar-refractivity contribution in [3.05, 3.63) is 41.2 Å². The van der Waals surface area contributed by atoms with Crippen LogP contribution >= 0.6 is 11.8 Å². The SMILES string of the molecule is Cn1nc(C2=CC3CCCC3S2)c(-c2ccc3c(c2)CCCO3)c1C=O. The van der Waals surface area contributed by atoms with Crippen LogP contribution in [0, 0.1) is 5.92 Å². The Morgan fingerprint density at radius 2 is 2.23 bits per heavy atom. The standard InChI is InChI=1S/C21H22N2O2S/c1-23-16(12-24)20(15-7-8-17-13(10-15)5-3-9-25-17)21(22-23)19-11-14-4-2-6-18(14)26-19/h7-8,10-12,14,18H,2-6,9H2,1H3. The molecule has 5 rings (SSSR count). The molecular formula is C21H22N2O2S. The van der Waals surface area contributed by atoms with Crippen molar-refractivity contribution in [3.8, 4) is 16.9 Å². The van der Waals surface area contributed by atoms with Gasteiger partial charge in [0, 0.05) is 22.8 Å². The zero-order chi connectivity index (χ0) is 17.7. The number of allylic oxidation sites excluding steroid dienone is 1. The van der Waals surface area contributed by atoms with E-state index >= 15 is 0 Å². The van der Waals surface area contributed by atoms with Crippen molar-refractivity contribution in [2.75, 3.05) is 6.61 Å². The van der Waals surface area contributed by atoms with E-state index in [1.165, 1.54) is 29.7 Å². The summed E-state index contributed by atoms with van der Waals surface area (Å²) in [4.78, 5) is 13.1. The molecule has 2 aliphatic heterocycles. The second-order valence-electron chi connectivity index (χ2n) is 7.41. The predicted molar refractivity (Wildman–Crippen MR) is 105 cm³/mol. The number of rotatable bonds is 3. The minimum absolute atomic E-state index is 0.648. The highest BCUT2D eigenvalue weighted by molar-refractivity contribution is 8.09. The number of thioether (sulfide) groups is 1. The Kier molecular flexibility index (Phi) is 3.92. The molecule has 0 spiro atoms. The quantitative estimate of drug-likeness (QED) is 0.751. The van der Waals surface area contributed by atoms with E-state index in [2.05, 4.69) is 18.2 Å². The number of ether oxygens (including phenoxy) is 1. The largest absolute Gasteiger partial charge is 0.493 e. The van der Waals surface area contributed by atoms with E-state index in [-0.39, 0.29) is 0 Å². The van der Waals surface area contributed by atoms with Gasteiger partial charge in [-0.15, -0.1) is 11.8 Å². The number of carbonyl (C=O) groups is 1. The number of aryl methyl sites for hydroxylation is 2. The predicted octanol–water partition coefficient (Wildman–Crippen LogP) is 4.48. The fourth-order valence-corrected chi connectivity index (χ4v) is 5.98. The summed E-state index contributed by atoms with van der Waals surface area (Å²) in [5.74, 6) is 1.64. The Morgan fingerprint density at radius 3 is 3.08 bits per heavy atom. The van der Waals surface area contributed by atoms with Crippen LogP contribution in [0.4, 0.5) is 0 Å². The van der Waals surface area contributed by atoms with E-state index in [4.69, 9.17) is 9.84 Å². The number of nitrogens with zero attached hydrogens (tertiary/aromatic N) is 2. The van der Waals surface area contributed by atoms with Gasteiger partial charge in [-0.05, 0) is 54.9 Å². The number of hydrogen-bond acceptors (Lipinski definition) is 4. The van der Waals surface area contributed by atoms with Crippen LogP contribution < -0.4 is 4.74 Å². The molecule has 1 aromatic carbocycles. The maximum atomic E-state index is 11.8. The molecule has 134 valence electrons. The van der Waals surface area contributed by atoms with Crippen LogP contribution in [0.25, 0.3) is 16.0 Å². The van der Waals surface area contributed by atoms with Gasteiger partial charge >= 0.3 is 0 Å². The Balaban J connectivity index is 1.63. The van der Waals surface area contributed by atoms with Crippen LogP contribution in [-0.4, -0.2) is 27.9 Å². The summed E-state index contributed by atoms with van der Waals surface area (Å²) in [7, 11) is 1.86. The van der Waals surface area contributed by atoms with E-state index in [1.54, 1.807) is 4.68 Å². The molecule has 4 nitrogen and oxygen atoms in total. The lowest BCUT2D eigenvalue weighted by Crippen LogP contribution is -2.08. The average Bonchev–Trinajstić information content (AvgIpc) is 3.33. The second kappa shape index (κ2) is 6.31. The molecule has 2 unspecified atom stereocenters. The zero-order valence-electron chi connectivity index (χ0n) is 14.9. The lowest BCUT2D eigenvalue weighted by molar-refractivity contribution is 0.111. The van der Waals surface area contributed by atoms with Crippen LogP contribution in [0.5, 0.6) is 5.75 Å². The van der Waals surface area contributed by atoms with Crippen LogP contribution in [0.3, 0.4) is 0 Å². The average molecular weight is 366 g/mol. The van der Waals surface area contributed by atoms with E-state index in [9.17, 15) is 4.79 Å². The highest BCUT2D eigenvalue weighted by Crippen LogP contribution is 2.51. The monoisotopic (exact) mass is 366 g/mol. The molecular weight excluding hydrogens is 344 g/mol. The first-order chi connectivity index (χ1) is 12.7. The molecule has 2 atom stereocenters. The van der Waals surface area contributed by atoms with Gasteiger partial charge in [0.05, 0.1) is 6.61 Å². The van der Waals surface area contributed by atoms with Gasteiger partial charge in [0.25, 0.3) is 0 Å². The lowest BCUT2D eigenvalue weighted by Gasteiger charge is -2.18. The smallest absolute Gasteiger partial charge is 0.168 e. The van der Waals surface area contributed by atoms with Crippen LogP contribution in [0.15, 0.2) is 24.3 Å². The molecule has 2 aromatic rings. The van der Waals surface area contributed by atoms with Crippen LogP contribution in [0.2, 0.25) is 0 Å². The molecule has 3 heterocycles. The Morgan fingerprint density at radius 1 is 1.31 bits per heavy atom. The fraction of sp³-hybridized carbons (Fsp3) is 0.429. The third-order valence-corrected chi connectivity index (χ3v) is 7.25. The maximum absolute atomic E-state index is 11.8. The summed E-state index contributed by atoms with van der Waals surface area (Å²) in [6.45, 7) is 0.788. The van der Waals surface area contributed by atoms with E-state index in [0.29, 0.717) is 16.9 Å². The van der Waals surface area contributed by atoms with Gasteiger partial charge in [0.15, 0.2) is 6.29 Å². The summed E-state index contributed by atoms with van der Waals surface area (Å²) >= 11 is 1.95. The number of benzene rings is 1. The molecule has 1 aliphatic carbocycles.